The highest BCUT2D eigenvalue weighted by molar-refractivity contribution is 5.85. The summed E-state index contributed by atoms with van der Waals surface area (Å²) in [6, 6.07) is 3.21. The number of nitrogens with two attached hydrogens (primary N) is 1. The second-order valence-corrected chi connectivity index (χ2v) is 5.01. The van der Waals surface area contributed by atoms with E-state index >= 15 is 0 Å². The van der Waals surface area contributed by atoms with Gasteiger partial charge in [0.1, 0.15) is 5.75 Å². The number of benzene rings is 1. The van der Waals surface area contributed by atoms with Gasteiger partial charge < -0.3 is 15.4 Å². The highest BCUT2D eigenvalue weighted by Crippen LogP contribution is 2.20. The highest BCUT2D eigenvalue weighted by Gasteiger charge is 2.29. The smallest absolute Gasteiger partial charge is 0.263 e. The zero-order valence-corrected chi connectivity index (χ0v) is 12.5. The first kappa shape index (κ1) is 17.7. The third-order valence-electron chi connectivity index (χ3n) is 3.48. The number of carbonyl (C=O) groups excluding carboxylic acids is 1. The SMILES string of the molecule is CC(Oc1ccc(F)c(F)c1)C(=O)N1CCC(CN)C1.Cl. The molecule has 0 radical (unpaired) electrons. The van der Waals surface area contributed by atoms with Gasteiger partial charge in [0, 0.05) is 19.2 Å². The lowest BCUT2D eigenvalue weighted by Crippen LogP contribution is -2.39. The van der Waals surface area contributed by atoms with Gasteiger partial charge in [-0.3, -0.25) is 4.79 Å². The molecule has 4 nitrogen and oxygen atoms in total. The minimum atomic E-state index is -0.994. The molecule has 1 aliphatic heterocycles. The number of rotatable bonds is 4. The molecule has 0 aromatic heterocycles. The monoisotopic (exact) mass is 320 g/mol. The minimum absolute atomic E-state index is 0. The maximum absolute atomic E-state index is 13.1. The predicted molar refractivity (Wildman–Crippen MR) is 77.4 cm³/mol. The van der Waals surface area contributed by atoms with Crippen LogP contribution >= 0.6 is 12.4 Å². The van der Waals surface area contributed by atoms with E-state index in [4.69, 9.17) is 10.5 Å². The van der Waals surface area contributed by atoms with Crippen molar-refractivity contribution in [1.29, 1.82) is 0 Å². The molecule has 0 spiro atoms. The quantitative estimate of drug-likeness (QED) is 0.922. The maximum Gasteiger partial charge on any atom is 0.263 e. The van der Waals surface area contributed by atoms with Crippen molar-refractivity contribution in [2.24, 2.45) is 11.7 Å². The zero-order valence-electron chi connectivity index (χ0n) is 11.7. The number of hydrogen-bond acceptors (Lipinski definition) is 3. The Balaban J connectivity index is 0.00000220. The summed E-state index contributed by atoms with van der Waals surface area (Å²) in [6.45, 7) is 3.44. The van der Waals surface area contributed by atoms with Crippen LogP contribution in [-0.4, -0.2) is 36.5 Å². The van der Waals surface area contributed by atoms with E-state index in [1.807, 2.05) is 0 Å². The first-order chi connectivity index (χ1) is 9.51. The van der Waals surface area contributed by atoms with Gasteiger partial charge in [-0.1, -0.05) is 0 Å². The first-order valence-corrected chi connectivity index (χ1v) is 6.62. The molecule has 2 atom stereocenters. The van der Waals surface area contributed by atoms with E-state index in [1.165, 1.54) is 6.07 Å². The average molecular weight is 321 g/mol. The Bertz CT molecular complexity index is 502. The zero-order chi connectivity index (χ0) is 14.7. The predicted octanol–water partition coefficient (Wildman–Crippen LogP) is 1.96. The van der Waals surface area contributed by atoms with Crippen LogP contribution in [0.15, 0.2) is 18.2 Å². The lowest BCUT2D eigenvalue weighted by Gasteiger charge is -2.21. The second-order valence-electron chi connectivity index (χ2n) is 5.01. The molecular weight excluding hydrogens is 302 g/mol. The number of nitrogens with zero attached hydrogens (tertiary/aromatic N) is 1. The summed E-state index contributed by atoms with van der Waals surface area (Å²) < 4.78 is 31.2. The van der Waals surface area contributed by atoms with Crippen molar-refractivity contribution in [3.63, 3.8) is 0 Å². The van der Waals surface area contributed by atoms with Crippen molar-refractivity contribution in [2.45, 2.75) is 19.4 Å². The third-order valence-corrected chi connectivity index (χ3v) is 3.48. The van der Waals surface area contributed by atoms with E-state index in [-0.39, 0.29) is 24.1 Å². The van der Waals surface area contributed by atoms with E-state index in [2.05, 4.69) is 0 Å². The standard InChI is InChI=1S/C14H18F2N2O2.ClH/c1-9(14(19)18-5-4-10(7-17)8-18)20-11-2-3-12(15)13(16)6-11;/h2-3,6,9-10H,4-5,7-8,17H2,1H3;1H. The summed E-state index contributed by atoms with van der Waals surface area (Å²) in [5, 5.41) is 0. The minimum Gasteiger partial charge on any atom is -0.481 e. The van der Waals surface area contributed by atoms with Gasteiger partial charge >= 0.3 is 0 Å². The fourth-order valence-electron chi connectivity index (χ4n) is 2.29. The number of hydrogen-bond donors (Lipinski definition) is 1. The Kier molecular flexibility index (Phi) is 6.36. The molecule has 0 saturated carbocycles. The summed E-state index contributed by atoms with van der Waals surface area (Å²) in [5.74, 6) is -1.63. The number of likely N-dealkylation sites (tertiary alicyclic amines) is 1. The Morgan fingerprint density at radius 3 is 2.76 bits per heavy atom. The molecule has 1 amide bonds. The van der Waals surface area contributed by atoms with Crippen LogP contribution in [0.4, 0.5) is 8.78 Å². The van der Waals surface area contributed by atoms with Crippen LogP contribution in [0.3, 0.4) is 0 Å². The van der Waals surface area contributed by atoms with E-state index in [1.54, 1.807) is 11.8 Å². The average Bonchev–Trinajstić information content (AvgIpc) is 2.91. The fourth-order valence-corrected chi connectivity index (χ4v) is 2.29. The maximum atomic E-state index is 13.1. The summed E-state index contributed by atoms with van der Waals surface area (Å²) in [7, 11) is 0. The highest BCUT2D eigenvalue weighted by atomic mass is 35.5. The van der Waals surface area contributed by atoms with Crippen molar-refractivity contribution in [2.75, 3.05) is 19.6 Å². The Morgan fingerprint density at radius 2 is 2.19 bits per heavy atom. The van der Waals surface area contributed by atoms with Crippen LogP contribution < -0.4 is 10.5 Å². The van der Waals surface area contributed by atoms with E-state index in [9.17, 15) is 13.6 Å². The van der Waals surface area contributed by atoms with Crippen LogP contribution in [0.1, 0.15) is 13.3 Å². The molecule has 1 saturated heterocycles. The molecule has 1 aromatic rings. The van der Waals surface area contributed by atoms with Crippen LogP contribution in [0, 0.1) is 17.6 Å². The summed E-state index contributed by atoms with van der Waals surface area (Å²) in [5.41, 5.74) is 5.58. The Hall–Kier alpha value is -1.40. The second kappa shape index (κ2) is 7.56. The molecule has 21 heavy (non-hydrogen) atoms. The van der Waals surface area contributed by atoms with Gasteiger partial charge in [-0.2, -0.15) is 0 Å². The van der Waals surface area contributed by atoms with E-state index < -0.39 is 17.7 Å². The molecule has 1 heterocycles. The van der Waals surface area contributed by atoms with Crippen LogP contribution in [0.5, 0.6) is 5.75 Å². The van der Waals surface area contributed by atoms with Crippen molar-refractivity contribution in [3.05, 3.63) is 29.8 Å². The molecule has 1 aromatic carbocycles. The van der Waals surface area contributed by atoms with Crippen molar-refractivity contribution >= 4 is 18.3 Å². The molecule has 118 valence electrons. The summed E-state index contributed by atoms with van der Waals surface area (Å²) in [6.07, 6.45) is 0.150. The molecule has 2 unspecified atom stereocenters. The molecule has 1 aliphatic rings. The van der Waals surface area contributed by atoms with Gasteiger partial charge in [-0.15, -0.1) is 12.4 Å². The number of carbonyl (C=O) groups is 1. The molecule has 7 heteroatoms. The molecule has 0 aliphatic carbocycles. The lowest BCUT2D eigenvalue weighted by molar-refractivity contribution is -0.137. The molecule has 0 bridgehead atoms. The number of halogens is 3. The van der Waals surface area contributed by atoms with Crippen LogP contribution in [0.25, 0.3) is 0 Å². The van der Waals surface area contributed by atoms with Crippen LogP contribution in [0.2, 0.25) is 0 Å². The number of ether oxygens (including phenoxy) is 1. The largest absolute Gasteiger partial charge is 0.481 e. The topological polar surface area (TPSA) is 55.6 Å². The summed E-state index contributed by atoms with van der Waals surface area (Å²) in [4.78, 5) is 13.9. The van der Waals surface area contributed by atoms with Gasteiger partial charge in [0.2, 0.25) is 0 Å². The number of amides is 1. The van der Waals surface area contributed by atoms with Gasteiger partial charge in [0.15, 0.2) is 17.7 Å². The normalized spacial score (nSPS) is 19.0. The molecule has 1 fully saturated rings. The van der Waals surface area contributed by atoms with Crippen molar-refractivity contribution in [3.8, 4) is 5.75 Å². The van der Waals surface area contributed by atoms with E-state index in [0.717, 1.165) is 18.6 Å². The molecule has 2 N–H and O–H groups in total. The van der Waals surface area contributed by atoms with Crippen molar-refractivity contribution in [1.82, 2.24) is 4.90 Å². The first-order valence-electron chi connectivity index (χ1n) is 6.62. The lowest BCUT2D eigenvalue weighted by atomic mass is 10.1. The third kappa shape index (κ3) is 4.28. The van der Waals surface area contributed by atoms with Gasteiger partial charge in [0.05, 0.1) is 0 Å². The van der Waals surface area contributed by atoms with Gasteiger partial charge in [0.25, 0.3) is 5.91 Å². The van der Waals surface area contributed by atoms with Gasteiger partial charge in [-0.05, 0) is 37.9 Å². The van der Waals surface area contributed by atoms with Gasteiger partial charge in [-0.25, -0.2) is 8.78 Å². The fraction of sp³-hybridized carbons (Fsp3) is 0.500. The molecular formula is C14H19ClF2N2O2. The van der Waals surface area contributed by atoms with E-state index in [0.29, 0.717) is 25.6 Å². The molecule has 2 rings (SSSR count). The van der Waals surface area contributed by atoms with Crippen LogP contribution in [-0.2, 0) is 4.79 Å². The Morgan fingerprint density at radius 1 is 1.48 bits per heavy atom. The summed E-state index contributed by atoms with van der Waals surface area (Å²) >= 11 is 0. The Labute approximate surface area is 128 Å². The van der Waals surface area contributed by atoms with Crippen molar-refractivity contribution < 1.29 is 18.3 Å².